The van der Waals surface area contributed by atoms with E-state index in [4.69, 9.17) is 5.73 Å². The molecule has 0 heterocycles. The summed E-state index contributed by atoms with van der Waals surface area (Å²) in [5.74, 6) is 5.68. The number of hydrogen-bond acceptors (Lipinski definition) is 3. The summed E-state index contributed by atoms with van der Waals surface area (Å²) >= 11 is 0. The largest absolute Gasteiger partial charge is 0.320 e. The quantitative estimate of drug-likeness (QED) is 0.840. The second kappa shape index (κ2) is 7.04. The minimum Gasteiger partial charge on any atom is -0.320 e. The zero-order chi connectivity index (χ0) is 15.1. The number of hydrogen-bond donors (Lipinski definition) is 2. The minimum absolute atomic E-state index is 0.238. The number of nitrogens with one attached hydrogen (secondary N) is 1. The molecule has 0 aliphatic heterocycles. The summed E-state index contributed by atoms with van der Waals surface area (Å²) in [6, 6.07) is 15.7. The van der Waals surface area contributed by atoms with E-state index in [1.165, 1.54) is 0 Å². The zero-order valence-electron chi connectivity index (χ0n) is 11.4. The Hall–Kier alpha value is -2.13. The highest BCUT2D eigenvalue weighted by atomic mass is 32.2. The Morgan fingerprint density at radius 1 is 1.00 bits per heavy atom. The Bertz CT molecular complexity index is 742. The van der Waals surface area contributed by atoms with Crippen molar-refractivity contribution in [2.45, 2.75) is 11.4 Å². The van der Waals surface area contributed by atoms with Gasteiger partial charge in [-0.3, -0.25) is 0 Å². The summed E-state index contributed by atoms with van der Waals surface area (Å²) in [6.45, 7) is 0.556. The summed E-state index contributed by atoms with van der Waals surface area (Å²) in [5.41, 5.74) is 7.03. The van der Waals surface area contributed by atoms with Gasteiger partial charge in [0.25, 0.3) is 0 Å². The van der Waals surface area contributed by atoms with Crippen LogP contribution in [-0.4, -0.2) is 15.0 Å². The van der Waals surface area contributed by atoms with Gasteiger partial charge in [0.15, 0.2) is 0 Å². The molecule has 2 rings (SSSR count). The van der Waals surface area contributed by atoms with Crippen molar-refractivity contribution in [2.75, 3.05) is 6.54 Å². The fourth-order valence-corrected chi connectivity index (χ4v) is 2.76. The molecule has 4 nitrogen and oxygen atoms in total. The molecule has 0 aliphatic carbocycles. The maximum absolute atomic E-state index is 12.1. The standard InChI is InChI=1S/C16H16N2O2S/c17-12-4-5-14-8-10-15(11-9-14)13-18-21(19,20)16-6-2-1-3-7-16/h1-3,6-11,18H,12-13,17H2. The van der Waals surface area contributed by atoms with E-state index in [2.05, 4.69) is 16.6 Å². The molecule has 0 fully saturated rings. The number of benzene rings is 2. The van der Waals surface area contributed by atoms with Gasteiger partial charge in [0.1, 0.15) is 0 Å². The topological polar surface area (TPSA) is 72.2 Å². The van der Waals surface area contributed by atoms with Crippen LogP contribution in [0.4, 0.5) is 0 Å². The summed E-state index contributed by atoms with van der Waals surface area (Å²) in [5, 5.41) is 0. The maximum Gasteiger partial charge on any atom is 0.240 e. The molecule has 5 heteroatoms. The van der Waals surface area contributed by atoms with Gasteiger partial charge in [0.05, 0.1) is 11.4 Å². The summed E-state index contributed by atoms with van der Waals surface area (Å²) in [4.78, 5) is 0.260. The molecule has 21 heavy (non-hydrogen) atoms. The van der Waals surface area contributed by atoms with Crippen molar-refractivity contribution in [2.24, 2.45) is 5.73 Å². The Balaban J connectivity index is 2.03. The van der Waals surface area contributed by atoms with Crippen LogP contribution in [0.2, 0.25) is 0 Å². The number of rotatable bonds is 4. The lowest BCUT2D eigenvalue weighted by molar-refractivity contribution is 0.581. The van der Waals surface area contributed by atoms with Gasteiger partial charge >= 0.3 is 0 Å². The van der Waals surface area contributed by atoms with Gasteiger partial charge in [0, 0.05) is 12.1 Å². The molecule has 108 valence electrons. The van der Waals surface area contributed by atoms with E-state index in [-0.39, 0.29) is 11.4 Å². The van der Waals surface area contributed by atoms with Gasteiger partial charge in [0.2, 0.25) is 10.0 Å². The second-order valence-corrected chi connectivity index (χ2v) is 6.11. The van der Waals surface area contributed by atoms with Crippen LogP contribution in [0.25, 0.3) is 0 Å². The van der Waals surface area contributed by atoms with Gasteiger partial charge < -0.3 is 5.73 Å². The molecule has 0 amide bonds. The van der Waals surface area contributed by atoms with Crippen molar-refractivity contribution in [3.05, 3.63) is 65.7 Å². The van der Waals surface area contributed by atoms with Crippen LogP contribution in [0.15, 0.2) is 59.5 Å². The fourth-order valence-electron chi connectivity index (χ4n) is 1.72. The molecule has 3 N–H and O–H groups in total. The van der Waals surface area contributed by atoms with Crippen molar-refractivity contribution in [3.63, 3.8) is 0 Å². The Labute approximate surface area is 125 Å². The molecule has 0 aliphatic rings. The molecule has 2 aromatic rings. The van der Waals surface area contributed by atoms with Crippen LogP contribution in [0.3, 0.4) is 0 Å². The van der Waals surface area contributed by atoms with Gasteiger partial charge in [-0.2, -0.15) is 0 Å². The van der Waals surface area contributed by atoms with E-state index in [0.717, 1.165) is 11.1 Å². The van der Waals surface area contributed by atoms with Gasteiger partial charge in [-0.25, -0.2) is 13.1 Å². The SMILES string of the molecule is NCC#Cc1ccc(CNS(=O)(=O)c2ccccc2)cc1. The molecule has 0 radical (unpaired) electrons. The highest BCUT2D eigenvalue weighted by molar-refractivity contribution is 7.89. The predicted octanol–water partition coefficient (Wildman–Crippen LogP) is 1.48. The summed E-state index contributed by atoms with van der Waals surface area (Å²) in [7, 11) is -3.48. The van der Waals surface area contributed by atoms with Gasteiger partial charge in [-0.1, -0.05) is 42.2 Å². The first-order valence-corrected chi connectivity index (χ1v) is 7.93. The maximum atomic E-state index is 12.1. The first kappa shape index (κ1) is 15.3. The van der Waals surface area contributed by atoms with E-state index in [1.54, 1.807) is 30.3 Å². The number of nitrogens with two attached hydrogens (primary N) is 1. The van der Waals surface area contributed by atoms with Crippen molar-refractivity contribution in [1.82, 2.24) is 4.72 Å². The monoisotopic (exact) mass is 300 g/mol. The third kappa shape index (κ3) is 4.43. The highest BCUT2D eigenvalue weighted by Crippen LogP contribution is 2.09. The van der Waals surface area contributed by atoms with E-state index in [9.17, 15) is 8.42 Å². The molecule has 0 bridgehead atoms. The Kier molecular flexibility index (Phi) is 5.12. The van der Waals surface area contributed by atoms with Crippen molar-refractivity contribution in [1.29, 1.82) is 0 Å². The van der Waals surface area contributed by atoms with Crippen LogP contribution in [0.1, 0.15) is 11.1 Å². The van der Waals surface area contributed by atoms with Crippen LogP contribution in [0.5, 0.6) is 0 Å². The lowest BCUT2D eigenvalue weighted by Crippen LogP contribution is -2.23. The fraction of sp³-hybridized carbons (Fsp3) is 0.125. The summed E-state index contributed by atoms with van der Waals surface area (Å²) < 4.78 is 26.7. The molecule has 0 spiro atoms. The van der Waals surface area contributed by atoms with Crippen molar-refractivity contribution < 1.29 is 8.42 Å². The first-order chi connectivity index (χ1) is 10.1. The molecule has 0 atom stereocenters. The van der Waals surface area contributed by atoms with Crippen molar-refractivity contribution >= 4 is 10.0 Å². The Morgan fingerprint density at radius 2 is 1.67 bits per heavy atom. The molecule has 2 aromatic carbocycles. The van der Waals surface area contributed by atoms with Gasteiger partial charge in [-0.15, -0.1) is 0 Å². The molecule has 0 saturated heterocycles. The van der Waals surface area contributed by atoms with E-state index < -0.39 is 10.0 Å². The average Bonchev–Trinajstić information content (AvgIpc) is 2.53. The molecule has 0 unspecified atom stereocenters. The third-order valence-electron chi connectivity index (χ3n) is 2.81. The number of sulfonamides is 1. The normalized spacial score (nSPS) is 10.7. The predicted molar refractivity (Wildman–Crippen MR) is 82.8 cm³/mol. The Morgan fingerprint density at radius 3 is 2.29 bits per heavy atom. The second-order valence-electron chi connectivity index (χ2n) is 4.34. The third-order valence-corrected chi connectivity index (χ3v) is 4.23. The lowest BCUT2D eigenvalue weighted by atomic mass is 10.1. The van der Waals surface area contributed by atoms with Crippen LogP contribution in [-0.2, 0) is 16.6 Å². The highest BCUT2D eigenvalue weighted by Gasteiger charge is 2.12. The smallest absolute Gasteiger partial charge is 0.240 e. The van der Waals surface area contributed by atoms with Gasteiger partial charge in [-0.05, 0) is 29.8 Å². The van der Waals surface area contributed by atoms with Crippen molar-refractivity contribution in [3.8, 4) is 11.8 Å². The molecular weight excluding hydrogens is 284 g/mol. The molecular formula is C16H16N2O2S. The van der Waals surface area contributed by atoms with Crippen LogP contribution in [0, 0.1) is 11.8 Å². The van der Waals surface area contributed by atoms with E-state index in [1.807, 2.05) is 24.3 Å². The minimum atomic E-state index is -3.48. The first-order valence-electron chi connectivity index (χ1n) is 6.44. The lowest BCUT2D eigenvalue weighted by Gasteiger charge is -2.06. The van der Waals surface area contributed by atoms with E-state index in [0.29, 0.717) is 6.54 Å². The van der Waals surface area contributed by atoms with Crippen LogP contribution < -0.4 is 10.5 Å². The summed E-state index contributed by atoms with van der Waals surface area (Å²) in [6.07, 6.45) is 0. The molecule has 0 saturated carbocycles. The van der Waals surface area contributed by atoms with E-state index >= 15 is 0 Å². The van der Waals surface area contributed by atoms with Crippen LogP contribution >= 0.6 is 0 Å². The average molecular weight is 300 g/mol. The zero-order valence-corrected chi connectivity index (χ0v) is 12.2. The molecule has 0 aromatic heterocycles.